The van der Waals surface area contributed by atoms with Crippen molar-refractivity contribution in [3.63, 3.8) is 0 Å². The van der Waals surface area contributed by atoms with E-state index in [1.54, 1.807) is 6.92 Å². The predicted molar refractivity (Wildman–Crippen MR) is 70.7 cm³/mol. The molecule has 1 fully saturated rings. The molecule has 0 spiro atoms. The van der Waals surface area contributed by atoms with E-state index in [9.17, 15) is 14.9 Å². The maximum atomic E-state index is 11.0. The van der Waals surface area contributed by atoms with Crippen LogP contribution in [-0.2, 0) is 0 Å². The third kappa shape index (κ3) is 2.83. The second kappa shape index (κ2) is 5.26. The lowest BCUT2D eigenvalue weighted by Crippen LogP contribution is -2.16. The van der Waals surface area contributed by atoms with Crippen LogP contribution in [0.25, 0.3) is 0 Å². The molecule has 0 aromatic heterocycles. The van der Waals surface area contributed by atoms with E-state index in [4.69, 9.17) is 5.11 Å². The van der Waals surface area contributed by atoms with Crippen LogP contribution in [0.5, 0.6) is 0 Å². The molecule has 1 aromatic rings. The van der Waals surface area contributed by atoms with Gasteiger partial charge in [0.05, 0.1) is 10.5 Å². The first-order chi connectivity index (χ1) is 8.99. The summed E-state index contributed by atoms with van der Waals surface area (Å²) >= 11 is 0. The van der Waals surface area contributed by atoms with Gasteiger partial charge >= 0.3 is 5.97 Å². The number of nitro benzene ring substituents is 1. The van der Waals surface area contributed by atoms with Gasteiger partial charge in [-0.2, -0.15) is 0 Å². The highest BCUT2D eigenvalue weighted by molar-refractivity contribution is 5.90. The number of benzene rings is 1. The molecule has 0 saturated heterocycles. The van der Waals surface area contributed by atoms with E-state index in [-0.39, 0.29) is 17.3 Å². The van der Waals surface area contributed by atoms with E-state index in [1.165, 1.54) is 6.07 Å². The van der Waals surface area contributed by atoms with Gasteiger partial charge in [-0.25, -0.2) is 4.79 Å². The zero-order valence-corrected chi connectivity index (χ0v) is 10.7. The van der Waals surface area contributed by atoms with Crippen molar-refractivity contribution in [2.75, 3.05) is 5.32 Å². The Morgan fingerprint density at radius 1 is 1.42 bits per heavy atom. The second-order valence-electron chi connectivity index (χ2n) is 4.86. The van der Waals surface area contributed by atoms with Crippen LogP contribution in [0.15, 0.2) is 12.1 Å². The molecule has 0 unspecified atom stereocenters. The van der Waals surface area contributed by atoms with Gasteiger partial charge in [0.2, 0.25) is 0 Å². The molecule has 0 atom stereocenters. The number of carboxylic acid groups (broad SMARTS) is 1. The molecule has 2 N–H and O–H groups in total. The highest BCUT2D eigenvalue weighted by Gasteiger charge is 2.22. The molecular weight excluding hydrogens is 248 g/mol. The van der Waals surface area contributed by atoms with Crippen molar-refractivity contribution in [3.8, 4) is 0 Å². The Balaban J connectivity index is 2.39. The van der Waals surface area contributed by atoms with Crippen LogP contribution in [0.2, 0.25) is 0 Å². The zero-order valence-electron chi connectivity index (χ0n) is 10.7. The largest absolute Gasteiger partial charge is 0.478 e. The number of hydrogen-bond acceptors (Lipinski definition) is 4. The minimum atomic E-state index is -1.16. The van der Waals surface area contributed by atoms with E-state index in [0.717, 1.165) is 31.7 Å². The van der Waals surface area contributed by atoms with Crippen molar-refractivity contribution in [1.82, 2.24) is 0 Å². The molecule has 0 bridgehead atoms. The highest BCUT2D eigenvalue weighted by atomic mass is 16.6. The number of nitrogens with zero attached hydrogens (tertiary/aromatic N) is 1. The third-order valence-corrected chi connectivity index (χ3v) is 3.54. The van der Waals surface area contributed by atoms with Gasteiger partial charge in [0.25, 0.3) is 5.69 Å². The number of aromatic carboxylic acids is 1. The maximum Gasteiger partial charge on any atom is 0.336 e. The summed E-state index contributed by atoms with van der Waals surface area (Å²) in [6, 6.07) is 2.86. The van der Waals surface area contributed by atoms with Gasteiger partial charge < -0.3 is 10.4 Å². The summed E-state index contributed by atoms with van der Waals surface area (Å²) < 4.78 is 0. The van der Waals surface area contributed by atoms with Gasteiger partial charge in [-0.1, -0.05) is 12.8 Å². The van der Waals surface area contributed by atoms with Gasteiger partial charge in [-0.05, 0) is 25.8 Å². The fourth-order valence-corrected chi connectivity index (χ4v) is 2.45. The summed E-state index contributed by atoms with van der Waals surface area (Å²) in [6.07, 6.45) is 4.31. The summed E-state index contributed by atoms with van der Waals surface area (Å²) in [4.78, 5) is 21.5. The second-order valence-corrected chi connectivity index (χ2v) is 4.86. The molecule has 2 rings (SSSR count). The Hall–Kier alpha value is -2.11. The summed E-state index contributed by atoms with van der Waals surface area (Å²) in [5, 5.41) is 23.2. The van der Waals surface area contributed by atoms with Crippen LogP contribution in [-0.4, -0.2) is 22.0 Å². The van der Waals surface area contributed by atoms with Crippen molar-refractivity contribution in [2.24, 2.45) is 0 Å². The lowest BCUT2D eigenvalue weighted by atomic mass is 10.1. The number of anilines is 1. The average molecular weight is 264 g/mol. The molecule has 0 aliphatic heterocycles. The molecule has 1 saturated carbocycles. The van der Waals surface area contributed by atoms with Crippen LogP contribution in [0.3, 0.4) is 0 Å². The van der Waals surface area contributed by atoms with Crippen LogP contribution >= 0.6 is 0 Å². The minimum absolute atomic E-state index is 0.0576. The van der Waals surface area contributed by atoms with Crippen molar-refractivity contribution >= 4 is 17.3 Å². The van der Waals surface area contributed by atoms with Gasteiger partial charge in [-0.15, -0.1) is 0 Å². The van der Waals surface area contributed by atoms with Crippen molar-refractivity contribution < 1.29 is 14.8 Å². The van der Waals surface area contributed by atoms with Crippen LogP contribution in [0.4, 0.5) is 11.4 Å². The lowest BCUT2D eigenvalue weighted by Gasteiger charge is -2.16. The zero-order chi connectivity index (χ0) is 14.0. The molecule has 1 aliphatic carbocycles. The maximum absolute atomic E-state index is 11.0. The SMILES string of the molecule is Cc1c(NC2CCCC2)cc(C(=O)O)cc1[N+](=O)[O-]. The Bertz CT molecular complexity index is 522. The molecule has 0 heterocycles. The third-order valence-electron chi connectivity index (χ3n) is 3.54. The van der Waals surface area contributed by atoms with Gasteiger partial charge in [0.1, 0.15) is 0 Å². The average Bonchev–Trinajstić information content (AvgIpc) is 2.83. The number of hydrogen-bond donors (Lipinski definition) is 2. The first-order valence-corrected chi connectivity index (χ1v) is 6.28. The lowest BCUT2D eigenvalue weighted by molar-refractivity contribution is -0.385. The molecule has 19 heavy (non-hydrogen) atoms. The van der Waals surface area contributed by atoms with Crippen LogP contribution in [0, 0.1) is 17.0 Å². The van der Waals surface area contributed by atoms with E-state index >= 15 is 0 Å². The monoisotopic (exact) mass is 264 g/mol. The van der Waals surface area contributed by atoms with Gasteiger partial charge in [-0.3, -0.25) is 10.1 Å². The highest BCUT2D eigenvalue weighted by Crippen LogP contribution is 2.30. The number of nitro groups is 1. The Labute approximate surface area is 110 Å². The summed E-state index contributed by atoms with van der Waals surface area (Å²) in [7, 11) is 0. The summed E-state index contributed by atoms with van der Waals surface area (Å²) in [5.74, 6) is -1.16. The quantitative estimate of drug-likeness (QED) is 0.644. The molecule has 6 heteroatoms. The Kier molecular flexibility index (Phi) is 3.69. The molecular formula is C13H16N2O4. The van der Waals surface area contributed by atoms with Gasteiger partial charge in [0, 0.05) is 23.4 Å². The molecule has 1 aliphatic rings. The minimum Gasteiger partial charge on any atom is -0.478 e. The first kappa shape index (κ1) is 13.3. The number of carboxylic acids is 1. The van der Waals surface area contributed by atoms with Gasteiger partial charge in [0.15, 0.2) is 0 Å². The Morgan fingerprint density at radius 3 is 2.58 bits per heavy atom. The standard InChI is InChI=1S/C13H16N2O4/c1-8-11(14-10-4-2-3-5-10)6-9(13(16)17)7-12(8)15(18)19/h6-7,10,14H,2-5H2,1H3,(H,16,17). The van der Waals surface area contributed by atoms with Crippen molar-refractivity contribution in [3.05, 3.63) is 33.4 Å². The fourth-order valence-electron chi connectivity index (χ4n) is 2.45. The Morgan fingerprint density at radius 2 is 2.05 bits per heavy atom. The van der Waals surface area contributed by atoms with E-state index in [0.29, 0.717) is 11.3 Å². The fraction of sp³-hybridized carbons (Fsp3) is 0.462. The van der Waals surface area contributed by atoms with Crippen molar-refractivity contribution in [1.29, 1.82) is 0 Å². The molecule has 0 radical (unpaired) electrons. The van der Waals surface area contributed by atoms with E-state index in [1.807, 2.05) is 0 Å². The van der Waals surface area contributed by atoms with Crippen LogP contribution < -0.4 is 5.32 Å². The summed E-state index contributed by atoms with van der Waals surface area (Å²) in [5.41, 5.74) is 0.832. The summed E-state index contributed by atoms with van der Waals surface area (Å²) in [6.45, 7) is 1.64. The number of rotatable bonds is 4. The smallest absolute Gasteiger partial charge is 0.336 e. The topological polar surface area (TPSA) is 92.5 Å². The molecule has 1 aromatic carbocycles. The first-order valence-electron chi connectivity index (χ1n) is 6.28. The number of carbonyl (C=O) groups is 1. The molecule has 102 valence electrons. The molecule has 0 amide bonds. The normalized spacial score (nSPS) is 15.4. The van der Waals surface area contributed by atoms with E-state index < -0.39 is 10.9 Å². The van der Waals surface area contributed by atoms with E-state index in [2.05, 4.69) is 5.32 Å². The van der Waals surface area contributed by atoms with Crippen molar-refractivity contribution in [2.45, 2.75) is 38.6 Å². The van der Waals surface area contributed by atoms with Crippen LogP contribution in [0.1, 0.15) is 41.6 Å². The molecule has 6 nitrogen and oxygen atoms in total. The number of nitrogens with one attached hydrogen (secondary N) is 1. The predicted octanol–water partition coefficient (Wildman–Crippen LogP) is 2.96.